The number of phenols is 1. The van der Waals surface area contributed by atoms with Gasteiger partial charge in [-0.3, -0.25) is 9.69 Å². The minimum atomic E-state index is -0.222. The molecule has 4 nitrogen and oxygen atoms in total. The largest absolute Gasteiger partial charge is 0.507 e. The molecule has 1 fully saturated rings. The highest BCUT2D eigenvalue weighted by molar-refractivity contribution is 8.18. The molecule has 2 aromatic carbocycles. The Morgan fingerprint density at radius 3 is 1.97 bits per heavy atom. The summed E-state index contributed by atoms with van der Waals surface area (Å²) in [5.41, 5.74) is 4.22. The minimum absolute atomic E-state index is 0.0708. The van der Waals surface area contributed by atoms with Gasteiger partial charge >= 0.3 is 0 Å². The maximum absolute atomic E-state index is 12.9. The van der Waals surface area contributed by atoms with Crippen LogP contribution in [0.25, 0.3) is 6.08 Å². The average Bonchev–Trinajstić information content (AvgIpc) is 2.91. The molecule has 0 saturated carbocycles. The van der Waals surface area contributed by atoms with Gasteiger partial charge in [-0.1, -0.05) is 59.2 Å². The zero-order chi connectivity index (χ0) is 23.1. The second-order valence-electron chi connectivity index (χ2n) is 10.2. The summed E-state index contributed by atoms with van der Waals surface area (Å²) in [5.74, 6) is 0.268. The first-order valence-corrected chi connectivity index (χ1v) is 11.3. The summed E-state index contributed by atoms with van der Waals surface area (Å²) >= 11 is 1.38. The Hall–Kier alpha value is -2.53. The van der Waals surface area contributed by atoms with Crippen molar-refractivity contribution in [1.82, 2.24) is 4.90 Å². The lowest BCUT2D eigenvalue weighted by Crippen LogP contribution is -2.23. The van der Waals surface area contributed by atoms with E-state index in [0.717, 1.165) is 22.4 Å². The lowest BCUT2D eigenvalue weighted by Gasteiger charge is -2.28. The fourth-order valence-electron chi connectivity index (χ4n) is 3.42. The van der Waals surface area contributed by atoms with Crippen molar-refractivity contribution in [1.29, 1.82) is 0 Å². The van der Waals surface area contributed by atoms with Gasteiger partial charge < -0.3 is 5.11 Å². The quantitative estimate of drug-likeness (QED) is 0.545. The van der Waals surface area contributed by atoms with E-state index in [9.17, 15) is 9.90 Å². The van der Waals surface area contributed by atoms with Gasteiger partial charge in [0.15, 0.2) is 5.17 Å². The third-order valence-corrected chi connectivity index (χ3v) is 6.37. The molecule has 1 saturated heterocycles. The lowest BCUT2D eigenvalue weighted by molar-refractivity contribution is -0.121. The van der Waals surface area contributed by atoms with Crippen molar-refractivity contribution >= 4 is 34.6 Å². The van der Waals surface area contributed by atoms with E-state index in [0.29, 0.717) is 15.8 Å². The number of nitrogens with zero attached hydrogens (tertiary/aromatic N) is 2. The molecular formula is C26H32N2O2S. The van der Waals surface area contributed by atoms with Crippen LogP contribution in [0.2, 0.25) is 0 Å². The first-order chi connectivity index (χ1) is 14.3. The summed E-state index contributed by atoms with van der Waals surface area (Å²) in [7, 11) is 1.75. The van der Waals surface area contributed by atoms with Crippen LogP contribution in [0.3, 0.4) is 0 Å². The third-order valence-electron chi connectivity index (χ3n) is 5.31. The predicted octanol–water partition coefficient (Wildman–Crippen LogP) is 6.53. The average molecular weight is 437 g/mol. The van der Waals surface area contributed by atoms with Crippen LogP contribution in [0.5, 0.6) is 5.75 Å². The molecule has 0 unspecified atom stereocenters. The van der Waals surface area contributed by atoms with Crippen molar-refractivity contribution in [2.45, 2.75) is 59.3 Å². The fourth-order valence-corrected chi connectivity index (χ4v) is 4.40. The van der Waals surface area contributed by atoms with Crippen molar-refractivity contribution in [3.8, 4) is 5.75 Å². The summed E-state index contributed by atoms with van der Waals surface area (Å²) in [6.45, 7) is 14.5. The number of phenolic OH excluding ortho intramolecular Hbond substituents is 1. The van der Waals surface area contributed by atoms with Crippen molar-refractivity contribution in [3.63, 3.8) is 0 Å². The molecule has 1 aliphatic heterocycles. The van der Waals surface area contributed by atoms with Crippen LogP contribution < -0.4 is 0 Å². The number of carbonyl (C=O) groups excluding carboxylic acids is 1. The summed E-state index contributed by atoms with van der Waals surface area (Å²) < 4.78 is 0. The highest BCUT2D eigenvalue weighted by atomic mass is 32.2. The van der Waals surface area contributed by atoms with Crippen LogP contribution in [-0.4, -0.2) is 28.1 Å². The molecule has 3 rings (SSSR count). The summed E-state index contributed by atoms with van der Waals surface area (Å²) in [6.07, 6.45) is 1.91. The Bertz CT molecular complexity index is 1030. The molecule has 0 aliphatic carbocycles. The highest BCUT2D eigenvalue weighted by Gasteiger charge is 2.31. The number of benzene rings is 2. The van der Waals surface area contributed by atoms with Gasteiger partial charge in [0, 0.05) is 18.2 Å². The van der Waals surface area contributed by atoms with Crippen LogP contribution >= 0.6 is 11.8 Å². The minimum Gasteiger partial charge on any atom is -0.507 e. The number of hydrogen-bond donors (Lipinski definition) is 1. The monoisotopic (exact) mass is 436 g/mol. The molecule has 1 N–H and O–H groups in total. The van der Waals surface area contributed by atoms with Gasteiger partial charge in [-0.2, -0.15) is 0 Å². The van der Waals surface area contributed by atoms with Gasteiger partial charge in [0.05, 0.1) is 10.6 Å². The zero-order valence-electron chi connectivity index (χ0n) is 19.7. The van der Waals surface area contributed by atoms with Crippen molar-refractivity contribution < 1.29 is 9.90 Å². The smallest absolute Gasteiger partial charge is 0.266 e. The van der Waals surface area contributed by atoms with Crippen molar-refractivity contribution in [2.75, 3.05) is 7.05 Å². The number of amidine groups is 1. The number of rotatable bonds is 2. The SMILES string of the molecule is Cc1ccc(N=C2S/C(=C/c3cc(C(C)(C)C)c(O)c(C(C)(C)C)c3)C(=O)N2C)cc1. The normalized spacial score (nSPS) is 17.8. The molecule has 0 bridgehead atoms. The number of thioether (sulfide) groups is 1. The molecule has 1 amide bonds. The van der Waals surface area contributed by atoms with E-state index < -0.39 is 0 Å². The van der Waals surface area contributed by atoms with Crippen molar-refractivity contribution in [2.24, 2.45) is 4.99 Å². The molecule has 1 aliphatic rings. The molecule has 0 radical (unpaired) electrons. The molecule has 0 aromatic heterocycles. The van der Waals surface area contributed by atoms with Crippen molar-refractivity contribution in [3.05, 3.63) is 63.6 Å². The van der Waals surface area contributed by atoms with Gasteiger partial charge in [0.2, 0.25) is 0 Å². The van der Waals surface area contributed by atoms with Crippen LogP contribution in [0.1, 0.15) is 63.8 Å². The maximum atomic E-state index is 12.9. The molecule has 5 heteroatoms. The number of aryl methyl sites for hydroxylation is 1. The summed E-state index contributed by atoms with van der Waals surface area (Å²) in [6, 6.07) is 11.9. The van der Waals surface area contributed by atoms with E-state index >= 15 is 0 Å². The molecule has 164 valence electrons. The van der Waals surface area contributed by atoms with E-state index in [4.69, 9.17) is 0 Å². The molecule has 1 heterocycles. The van der Waals surface area contributed by atoms with Crippen LogP contribution in [0.4, 0.5) is 5.69 Å². The number of carbonyl (C=O) groups is 1. The summed E-state index contributed by atoms with van der Waals surface area (Å²) in [5, 5.41) is 11.6. The Kier molecular flexibility index (Phi) is 6.12. The van der Waals surface area contributed by atoms with E-state index in [1.807, 2.05) is 49.4 Å². The lowest BCUT2D eigenvalue weighted by atomic mass is 9.78. The number of hydrogen-bond acceptors (Lipinski definition) is 4. The fraction of sp³-hybridized carbons (Fsp3) is 0.385. The Morgan fingerprint density at radius 1 is 0.968 bits per heavy atom. The predicted molar refractivity (Wildman–Crippen MR) is 132 cm³/mol. The Labute approximate surface area is 190 Å². The van der Waals surface area contributed by atoms with E-state index in [1.54, 1.807) is 11.9 Å². The molecule has 0 spiro atoms. The first kappa shape index (κ1) is 23.1. The number of aliphatic imine (C=N–C) groups is 1. The molecule has 31 heavy (non-hydrogen) atoms. The zero-order valence-corrected chi connectivity index (χ0v) is 20.5. The van der Waals surface area contributed by atoms with Crippen LogP contribution in [-0.2, 0) is 15.6 Å². The molecule has 0 atom stereocenters. The summed E-state index contributed by atoms with van der Waals surface area (Å²) in [4.78, 5) is 19.8. The topological polar surface area (TPSA) is 52.9 Å². The van der Waals surface area contributed by atoms with Crippen LogP contribution in [0, 0.1) is 6.92 Å². The Balaban J connectivity index is 2.05. The number of likely N-dealkylation sites (N-methyl/N-ethyl adjacent to an activating group) is 1. The Morgan fingerprint density at radius 2 is 1.48 bits per heavy atom. The van der Waals surface area contributed by atoms with E-state index in [2.05, 4.69) is 46.5 Å². The van der Waals surface area contributed by atoms with Gasteiger partial charge in [-0.25, -0.2) is 4.99 Å². The number of amides is 1. The van der Waals surface area contributed by atoms with E-state index in [-0.39, 0.29) is 16.7 Å². The van der Waals surface area contributed by atoms with Gasteiger partial charge in [-0.05, 0) is 65.4 Å². The van der Waals surface area contributed by atoms with Gasteiger partial charge in [-0.15, -0.1) is 0 Å². The second kappa shape index (κ2) is 8.19. The van der Waals surface area contributed by atoms with Gasteiger partial charge in [0.1, 0.15) is 5.75 Å². The molecular weight excluding hydrogens is 404 g/mol. The van der Waals surface area contributed by atoms with Crippen LogP contribution in [0.15, 0.2) is 46.3 Å². The maximum Gasteiger partial charge on any atom is 0.266 e. The number of aromatic hydroxyl groups is 1. The standard InChI is InChI=1S/C26H32N2O2S/c1-16-9-11-18(12-10-16)27-24-28(8)23(30)21(31-24)15-17-13-19(25(2,3)4)22(29)20(14-17)26(5,6)7/h9-15,29H,1-8H3/b21-15+,27-24?. The molecule has 2 aromatic rings. The third kappa shape index (κ3) is 5.04. The first-order valence-electron chi connectivity index (χ1n) is 10.5. The van der Waals surface area contributed by atoms with E-state index in [1.165, 1.54) is 17.3 Å². The van der Waals surface area contributed by atoms with Gasteiger partial charge in [0.25, 0.3) is 5.91 Å². The highest BCUT2D eigenvalue weighted by Crippen LogP contribution is 2.41. The second-order valence-corrected chi connectivity index (χ2v) is 11.2.